The lowest BCUT2D eigenvalue weighted by Gasteiger charge is -2.21. The number of phosphoric acid groups is 2. The highest BCUT2D eigenvalue weighted by molar-refractivity contribution is 7.47. The molecule has 0 rings (SSSR count). The molecule has 0 aromatic carbocycles. The molecule has 3 N–H and O–H groups in total. The van der Waals surface area contributed by atoms with Gasteiger partial charge >= 0.3 is 39.5 Å². The molecule has 0 radical (unpaired) electrons. The highest BCUT2D eigenvalue weighted by atomic mass is 31.2. The molecule has 6 atom stereocenters. The number of carbonyl (C=O) groups is 4. The second-order valence-electron chi connectivity index (χ2n) is 29.2. The minimum Gasteiger partial charge on any atom is -0.462 e. The Bertz CT molecular complexity index is 2020. The highest BCUT2D eigenvalue weighted by Gasteiger charge is 2.30. The number of aliphatic hydroxyl groups excluding tert-OH is 1. The van der Waals surface area contributed by atoms with E-state index in [4.69, 9.17) is 37.0 Å². The fourth-order valence-corrected chi connectivity index (χ4v) is 13.5. The van der Waals surface area contributed by atoms with Crippen molar-refractivity contribution >= 4 is 39.5 Å². The molecule has 0 aliphatic rings. The van der Waals surface area contributed by atoms with Gasteiger partial charge in [-0.15, -0.1) is 0 Å². The van der Waals surface area contributed by atoms with Crippen LogP contribution in [-0.2, 0) is 65.4 Å². The smallest absolute Gasteiger partial charge is 0.462 e. The number of hydrogen-bond donors (Lipinski definition) is 3. The third-order valence-corrected chi connectivity index (χ3v) is 20.6. The predicted molar refractivity (Wildman–Crippen MR) is 409 cm³/mol. The van der Waals surface area contributed by atoms with Crippen LogP contribution < -0.4 is 0 Å². The minimum absolute atomic E-state index is 0.102. The fourth-order valence-electron chi connectivity index (χ4n) is 12.0. The van der Waals surface area contributed by atoms with Crippen LogP contribution in [0.3, 0.4) is 0 Å². The first-order valence-corrected chi connectivity index (χ1v) is 44.3. The second-order valence-corrected chi connectivity index (χ2v) is 32.1. The van der Waals surface area contributed by atoms with Gasteiger partial charge in [0, 0.05) is 25.7 Å². The largest absolute Gasteiger partial charge is 0.472 e. The van der Waals surface area contributed by atoms with E-state index in [2.05, 4.69) is 65.8 Å². The zero-order valence-electron chi connectivity index (χ0n) is 65.0. The Morgan fingerprint density at radius 1 is 0.330 bits per heavy atom. The van der Waals surface area contributed by atoms with E-state index in [1.807, 2.05) is 0 Å². The Morgan fingerprint density at radius 2 is 0.590 bits per heavy atom. The summed E-state index contributed by atoms with van der Waals surface area (Å²) in [6.45, 7) is 9.55. The van der Waals surface area contributed by atoms with Gasteiger partial charge < -0.3 is 33.8 Å². The van der Waals surface area contributed by atoms with Crippen molar-refractivity contribution in [3.05, 3.63) is 24.3 Å². The molecule has 0 amide bonds. The summed E-state index contributed by atoms with van der Waals surface area (Å²) in [4.78, 5) is 73.0. The van der Waals surface area contributed by atoms with E-state index in [-0.39, 0.29) is 25.7 Å². The molecule has 0 aliphatic carbocycles. The average molecular weight is 1460 g/mol. The summed E-state index contributed by atoms with van der Waals surface area (Å²) in [6.07, 6.45) is 64.6. The summed E-state index contributed by atoms with van der Waals surface area (Å²) >= 11 is 0. The standard InChI is InChI=1S/C81H154O17P2/c1-7-10-12-14-16-18-20-22-24-25-26-27-28-30-32-34-39-47-53-59-65-80(85)97-76(69-91-78(83)63-57-51-45-38-33-31-29-23-21-19-17-15-13-11-8-2)71-95-99(87,88)93-67-75(82)68-94-100(89,90)96-72-77(70-92-79(84)64-58-52-46-42-41-43-49-55-61-73(4)5)98-81(86)66-60-54-48-40-36-35-37-44-50-56-62-74(6)9-3/h19,21,23,29,73-77,82H,7-18,20,22,24-28,30-72H2,1-6H3,(H,87,88)(H,89,90)/b21-19-,29-23-/t74?,75-,76-,77-/m1/s1. The van der Waals surface area contributed by atoms with E-state index < -0.39 is 97.5 Å². The molecule has 0 saturated carbocycles. The normalized spacial score (nSPS) is 14.3. The Kier molecular flexibility index (Phi) is 70.3. The lowest BCUT2D eigenvalue weighted by molar-refractivity contribution is -0.161. The number of rotatable bonds is 78. The van der Waals surface area contributed by atoms with Crippen LogP contribution in [0.4, 0.5) is 0 Å². The van der Waals surface area contributed by atoms with Crippen molar-refractivity contribution in [2.75, 3.05) is 39.6 Å². The first kappa shape index (κ1) is 97.5. The highest BCUT2D eigenvalue weighted by Crippen LogP contribution is 2.45. The van der Waals surface area contributed by atoms with Crippen LogP contribution in [0.25, 0.3) is 0 Å². The molecule has 0 aromatic rings. The Balaban J connectivity index is 5.28. The maximum absolute atomic E-state index is 13.1. The number of esters is 4. The number of allylic oxidation sites excluding steroid dienone is 4. The molecular weight excluding hydrogens is 1310 g/mol. The quantitative estimate of drug-likeness (QED) is 0.0169. The van der Waals surface area contributed by atoms with Crippen LogP contribution >= 0.6 is 15.6 Å². The van der Waals surface area contributed by atoms with E-state index in [0.29, 0.717) is 25.7 Å². The molecule has 19 heteroatoms. The van der Waals surface area contributed by atoms with E-state index >= 15 is 0 Å². The fraction of sp³-hybridized carbons (Fsp3) is 0.901. The summed E-state index contributed by atoms with van der Waals surface area (Å²) in [5.74, 6) is -0.615. The molecule has 3 unspecified atom stereocenters. The molecule has 0 heterocycles. The Hall–Kier alpha value is -2.46. The van der Waals surface area contributed by atoms with Crippen molar-refractivity contribution in [1.29, 1.82) is 0 Å². The third kappa shape index (κ3) is 72.5. The van der Waals surface area contributed by atoms with E-state index in [0.717, 1.165) is 121 Å². The van der Waals surface area contributed by atoms with Crippen LogP contribution in [0, 0.1) is 11.8 Å². The van der Waals surface area contributed by atoms with Gasteiger partial charge in [-0.05, 0) is 63.2 Å². The molecule has 0 aliphatic heterocycles. The summed E-state index contributed by atoms with van der Waals surface area (Å²) in [5.41, 5.74) is 0. The monoisotopic (exact) mass is 1460 g/mol. The average Bonchev–Trinajstić information content (AvgIpc) is 0.990. The van der Waals surface area contributed by atoms with Gasteiger partial charge in [-0.2, -0.15) is 0 Å². The van der Waals surface area contributed by atoms with E-state index in [9.17, 15) is 43.2 Å². The number of unbranched alkanes of at least 4 members (excludes halogenated alkanes) is 44. The van der Waals surface area contributed by atoms with Crippen LogP contribution in [0.2, 0.25) is 0 Å². The SMILES string of the molecule is CCCCCC/C=C\C=C/CCCCCCCC(=O)OC[C@H](COP(=O)(O)OC[C@@H](O)COP(=O)(O)OC[C@@H](COC(=O)CCCCCCCCCCC(C)C)OC(=O)CCCCCCCCCCCCC(C)CC)OC(=O)CCCCCCCCCCCCCCCCCCCCCC. The van der Waals surface area contributed by atoms with E-state index in [1.54, 1.807) is 0 Å². The Labute approximate surface area is 612 Å². The molecule has 17 nitrogen and oxygen atoms in total. The molecular formula is C81H154O17P2. The van der Waals surface area contributed by atoms with Crippen molar-refractivity contribution in [3.63, 3.8) is 0 Å². The Morgan fingerprint density at radius 3 is 0.900 bits per heavy atom. The number of phosphoric ester groups is 2. The summed E-state index contributed by atoms with van der Waals surface area (Å²) < 4.78 is 68.7. The van der Waals surface area contributed by atoms with Crippen molar-refractivity contribution in [2.24, 2.45) is 11.8 Å². The van der Waals surface area contributed by atoms with Gasteiger partial charge in [0.15, 0.2) is 12.2 Å². The minimum atomic E-state index is -4.97. The number of aliphatic hydroxyl groups is 1. The predicted octanol–water partition coefficient (Wildman–Crippen LogP) is 23.8. The zero-order valence-corrected chi connectivity index (χ0v) is 66.8. The van der Waals surface area contributed by atoms with Crippen LogP contribution in [-0.4, -0.2) is 96.7 Å². The van der Waals surface area contributed by atoms with Gasteiger partial charge in [-0.1, -0.05) is 348 Å². The summed E-state index contributed by atoms with van der Waals surface area (Å²) in [7, 11) is -9.93. The zero-order chi connectivity index (χ0) is 73.5. The maximum Gasteiger partial charge on any atom is 0.472 e. The lowest BCUT2D eigenvalue weighted by Crippen LogP contribution is -2.30. The summed E-state index contributed by atoms with van der Waals surface area (Å²) in [5, 5.41) is 10.6. The van der Waals surface area contributed by atoms with Crippen LogP contribution in [0.15, 0.2) is 24.3 Å². The summed E-state index contributed by atoms with van der Waals surface area (Å²) in [6, 6.07) is 0. The lowest BCUT2D eigenvalue weighted by atomic mass is 9.99. The number of carbonyl (C=O) groups excluding carboxylic acids is 4. The van der Waals surface area contributed by atoms with Gasteiger partial charge in [-0.25, -0.2) is 9.13 Å². The molecule has 0 saturated heterocycles. The van der Waals surface area contributed by atoms with Crippen molar-refractivity contribution in [1.82, 2.24) is 0 Å². The van der Waals surface area contributed by atoms with Gasteiger partial charge in [0.05, 0.1) is 26.4 Å². The second kappa shape index (κ2) is 72.1. The van der Waals surface area contributed by atoms with Crippen molar-refractivity contribution < 1.29 is 80.2 Å². The third-order valence-electron chi connectivity index (χ3n) is 18.7. The maximum atomic E-state index is 13.1. The first-order valence-electron chi connectivity index (χ1n) is 41.3. The number of ether oxygens (including phenoxy) is 4. The van der Waals surface area contributed by atoms with Gasteiger partial charge in [-0.3, -0.25) is 37.3 Å². The molecule has 0 aromatic heterocycles. The first-order chi connectivity index (χ1) is 48.4. The van der Waals surface area contributed by atoms with Crippen LogP contribution in [0.1, 0.15) is 401 Å². The van der Waals surface area contributed by atoms with Crippen molar-refractivity contribution in [2.45, 2.75) is 419 Å². The molecule has 590 valence electrons. The molecule has 0 spiro atoms. The molecule has 100 heavy (non-hydrogen) atoms. The van der Waals surface area contributed by atoms with Gasteiger partial charge in [0.25, 0.3) is 0 Å². The van der Waals surface area contributed by atoms with Crippen LogP contribution in [0.5, 0.6) is 0 Å². The topological polar surface area (TPSA) is 237 Å². The van der Waals surface area contributed by atoms with Gasteiger partial charge in [0.1, 0.15) is 19.3 Å². The molecule has 0 bridgehead atoms. The van der Waals surface area contributed by atoms with E-state index in [1.165, 1.54) is 199 Å². The molecule has 0 fully saturated rings. The van der Waals surface area contributed by atoms with Crippen molar-refractivity contribution in [3.8, 4) is 0 Å². The van der Waals surface area contributed by atoms with Gasteiger partial charge in [0.2, 0.25) is 0 Å². The number of hydrogen-bond acceptors (Lipinski definition) is 15.